The first-order chi connectivity index (χ1) is 57.5. The number of fused-ring (bicyclic) bond motifs is 3. The van der Waals surface area contributed by atoms with Crippen LogP contribution in [0.3, 0.4) is 0 Å². The van der Waals surface area contributed by atoms with Gasteiger partial charge in [0, 0.05) is 188 Å². The van der Waals surface area contributed by atoms with Gasteiger partial charge in [0.05, 0.1) is 33.7 Å². The summed E-state index contributed by atoms with van der Waals surface area (Å²) >= 11 is 8.52. The van der Waals surface area contributed by atoms with Crippen molar-refractivity contribution in [2.24, 2.45) is 17.8 Å². The lowest BCUT2D eigenvalue weighted by Crippen LogP contribution is -2.43. The van der Waals surface area contributed by atoms with Crippen molar-refractivity contribution in [2.75, 3.05) is 115 Å². The van der Waals surface area contributed by atoms with Gasteiger partial charge in [0.15, 0.2) is 20.9 Å². The summed E-state index contributed by atoms with van der Waals surface area (Å²) in [7, 11) is -6.64. The van der Waals surface area contributed by atoms with Gasteiger partial charge in [0.25, 0.3) is 27.7 Å². The molecule has 6 aliphatic heterocycles. The highest BCUT2D eigenvalue weighted by molar-refractivity contribution is 7.89. The van der Waals surface area contributed by atoms with Crippen LogP contribution >= 0.6 is 34.7 Å². The number of thiazole rings is 1. The average molecular weight is 1720 g/mol. The molecule has 1 aliphatic carbocycles. The minimum Gasteiger partial charge on any atom is -0.385 e. The fourth-order valence-corrected chi connectivity index (χ4v) is 24.4. The Kier molecular flexibility index (Phi) is 24.2. The molecule has 119 heavy (non-hydrogen) atoms. The Morgan fingerprint density at radius 1 is 0.513 bits per heavy atom. The summed E-state index contributed by atoms with van der Waals surface area (Å²) in [4.78, 5) is 102. The van der Waals surface area contributed by atoms with E-state index in [9.17, 15) is 58.8 Å². The zero-order valence-corrected chi connectivity index (χ0v) is 70.6. The lowest BCUT2D eigenvalue weighted by atomic mass is 9.89. The highest BCUT2D eigenvalue weighted by Crippen LogP contribution is 2.44. The highest BCUT2D eigenvalue weighted by atomic mass is 35.5. The molecule has 3 amide bonds. The molecule has 7 aliphatic rings. The Morgan fingerprint density at radius 3 is 1.42 bits per heavy atom. The smallest absolute Gasteiger partial charge is 0.262 e. The molecule has 0 saturated carbocycles. The van der Waals surface area contributed by atoms with Crippen molar-refractivity contribution in [3.63, 3.8) is 0 Å². The normalized spacial score (nSPS) is 18.3. The van der Waals surface area contributed by atoms with Crippen molar-refractivity contribution in [3.8, 4) is 0 Å². The van der Waals surface area contributed by atoms with Crippen molar-refractivity contribution >= 4 is 177 Å². The number of carbonyl (C=O) groups excluding carboxylic acids is 7. The van der Waals surface area contributed by atoms with Crippen molar-refractivity contribution in [2.45, 2.75) is 98.3 Å². The number of piperidine rings is 3. The van der Waals surface area contributed by atoms with Gasteiger partial charge in [0.2, 0.25) is 20.0 Å². The van der Waals surface area contributed by atoms with Crippen LogP contribution in [0, 0.1) is 17.8 Å². The quantitative estimate of drug-likeness (QED) is 0.0432. The third-order valence-corrected chi connectivity index (χ3v) is 30.9. The molecule has 3 unspecified atom stereocenters. The number of imidazole rings is 1. The van der Waals surface area contributed by atoms with Gasteiger partial charge in [-0.1, -0.05) is 84.4 Å². The summed E-state index contributed by atoms with van der Waals surface area (Å²) in [5, 5.41) is 6.92. The number of hydrogen-bond donors (Lipinski definition) is 0. The molecule has 0 radical (unpaired) electrons. The molecular weight excluding hydrogens is 1640 g/mol. The van der Waals surface area contributed by atoms with Crippen molar-refractivity contribution < 1.29 is 73.0 Å². The Bertz CT molecular complexity index is 6330. The van der Waals surface area contributed by atoms with Crippen LogP contribution in [0.2, 0.25) is 5.15 Å². The zero-order valence-electron chi connectivity index (χ0n) is 65.8. The first-order valence-corrected chi connectivity index (χ1v) is 46.1. The molecule has 11 aromatic rings. The van der Waals surface area contributed by atoms with Crippen LogP contribution in [-0.4, -0.2) is 197 Å². The number of halogens is 1. The second kappa shape index (κ2) is 34.8. The fraction of sp³-hybridized carbons (Fsp3) is 0.356. The number of ether oxygens (including phenoxy) is 3. The standard InChI is InChI=1S/C32H32N2O6S.C28H28N4O5S2.C27H27ClN4O5S2/c1-40-16-4-15-34-29-13-10-23(27-6-2-7-28(31(27)29)32(34)37)19-30(36)24-5-3-14-33(20-24)41(38,39)26-12-9-21-17-25(35)11-8-22(21)18-26;1-37-15-5-14-32-23-12-11-18(20-7-2-8-21(26(20)23)28(32)34)16-24(33)19-6-4-13-31(17-19)39(35,36)25-10-3-9-22-27(25)30-38-29-22;1-37-13-4-11-31-21-9-8-17(19-6-2-7-20(23(19)21)25(31)34)15-22(33)18-5-3-10-30(16-18)39(35,36)26-24(28)29-27-32(26)12-14-38-27/h2,6-13,18,24H,3-5,14-17,19-20H2,1H3;2-3,7-12,19H,4-6,13-17H2,1H3;2,6-9,12,14,18H,3-5,10-11,13,15-16H2,1H3. The van der Waals surface area contributed by atoms with E-state index in [1.165, 1.54) is 34.7 Å². The summed E-state index contributed by atoms with van der Waals surface area (Å²) in [5.74, 6) is -1.38. The van der Waals surface area contributed by atoms with E-state index in [0.29, 0.717) is 130 Å². The number of aromatic nitrogens is 4. The molecule has 0 bridgehead atoms. The Morgan fingerprint density at radius 2 is 0.958 bits per heavy atom. The van der Waals surface area contributed by atoms with Crippen LogP contribution in [0.25, 0.3) is 54.4 Å². The van der Waals surface area contributed by atoms with Crippen molar-refractivity contribution in [1.82, 2.24) is 31.0 Å². The first kappa shape index (κ1) is 82.9. The average Bonchev–Trinajstić information content (AvgIpc) is 1.60. The van der Waals surface area contributed by atoms with Gasteiger partial charge in [-0.05, 0) is 169 Å². The molecule has 18 rings (SSSR count). The number of Topliss-reactive ketones (excluding diaryl/α,β-unsaturated/α-hetero) is 3. The maximum atomic E-state index is 13.6. The SMILES string of the molecule is COCCCN1C(=O)c2cccc3c(CC(=O)C4CCCN(S(=O)(=O)c5c(Cl)nc6sccn56)C4)ccc1c23.COCCCN1C(=O)c2cccc3c(CC(=O)C4CCCN(S(=O)(=O)c5ccc6c(c5)C=CC(=O)C6)C4)ccc1c23.COCCCN1C(=O)c2cccc3c(CC(=O)C4CCCN(S(=O)(=O)c5cccc6nsnc56)C4)ccc1c23. The summed E-state index contributed by atoms with van der Waals surface area (Å²) in [6.07, 6.45) is 11.4. The van der Waals surface area contributed by atoms with E-state index in [1.807, 2.05) is 91.0 Å². The van der Waals surface area contributed by atoms with Gasteiger partial charge in [-0.3, -0.25) is 38.0 Å². The largest absolute Gasteiger partial charge is 0.385 e. The molecule has 618 valence electrons. The third-order valence-electron chi connectivity index (χ3n) is 23.6. The topological polar surface area (TPSA) is 312 Å². The van der Waals surface area contributed by atoms with Gasteiger partial charge < -0.3 is 28.9 Å². The number of amides is 3. The maximum Gasteiger partial charge on any atom is 0.262 e. The van der Waals surface area contributed by atoms with E-state index in [0.717, 1.165) is 108 Å². The van der Waals surface area contributed by atoms with Crippen molar-refractivity contribution in [1.29, 1.82) is 0 Å². The Hall–Kier alpha value is -9.74. The molecule has 9 heterocycles. The molecule has 26 nitrogen and oxygen atoms in total. The van der Waals surface area contributed by atoms with E-state index in [1.54, 1.807) is 90.1 Å². The van der Waals surface area contributed by atoms with Crippen molar-refractivity contribution in [3.05, 3.63) is 195 Å². The predicted molar refractivity (Wildman–Crippen MR) is 457 cm³/mol. The molecule has 3 saturated heterocycles. The number of allylic oxidation sites excluding steroid dienone is 1. The van der Waals surface area contributed by atoms with E-state index in [-0.39, 0.29) is 106 Å². The summed E-state index contributed by atoms with van der Waals surface area (Å²) in [6, 6.07) is 38.2. The van der Waals surface area contributed by atoms with Gasteiger partial charge in [0.1, 0.15) is 33.3 Å². The number of carbonyl (C=O) groups is 7. The fourth-order valence-electron chi connectivity index (χ4n) is 17.7. The van der Waals surface area contributed by atoms with E-state index < -0.39 is 47.8 Å². The Balaban J connectivity index is 0.000000133. The minimum atomic E-state index is -3.94. The van der Waals surface area contributed by atoms with E-state index in [4.69, 9.17) is 25.8 Å². The number of rotatable bonds is 27. The van der Waals surface area contributed by atoms with Crippen LogP contribution in [0.4, 0.5) is 17.1 Å². The zero-order chi connectivity index (χ0) is 83.2. The number of anilines is 3. The summed E-state index contributed by atoms with van der Waals surface area (Å²) in [5.41, 5.74) is 9.50. The van der Waals surface area contributed by atoms with Crippen LogP contribution in [0.15, 0.2) is 160 Å². The predicted octanol–water partition coefficient (Wildman–Crippen LogP) is 12.7. The lowest BCUT2D eigenvalue weighted by molar-refractivity contribution is -0.124. The van der Waals surface area contributed by atoms with E-state index >= 15 is 0 Å². The van der Waals surface area contributed by atoms with Crippen LogP contribution in [0.1, 0.15) is 117 Å². The first-order valence-electron chi connectivity index (χ1n) is 39.8. The summed E-state index contributed by atoms with van der Waals surface area (Å²) in [6.45, 7) is 4.79. The second-order valence-corrected chi connectivity index (χ2v) is 38.3. The number of benzene rings is 8. The number of methoxy groups -OCH3 is 3. The van der Waals surface area contributed by atoms with Crippen LogP contribution < -0.4 is 14.7 Å². The molecule has 8 aromatic carbocycles. The highest BCUT2D eigenvalue weighted by Gasteiger charge is 2.41. The Labute approximate surface area is 701 Å². The van der Waals surface area contributed by atoms with E-state index in [2.05, 4.69) is 13.7 Å². The number of nitrogens with zero attached hydrogens (tertiary/aromatic N) is 10. The summed E-state index contributed by atoms with van der Waals surface area (Å²) < 4.78 is 111. The molecule has 3 atom stereocenters. The monoisotopic (exact) mass is 1720 g/mol. The lowest BCUT2D eigenvalue weighted by Gasteiger charge is -2.31. The molecule has 3 aromatic heterocycles. The second-order valence-electron chi connectivity index (χ2n) is 30.8. The number of hydrogen-bond acceptors (Lipinski definition) is 21. The van der Waals surface area contributed by atoms with Crippen LogP contribution in [0.5, 0.6) is 0 Å². The molecule has 3 fully saturated rings. The molecule has 32 heteroatoms. The number of sulfonamides is 3. The van der Waals surface area contributed by atoms with Gasteiger partial charge in [-0.15, -0.1) is 11.3 Å². The minimum absolute atomic E-state index is 0.00114. The number of ketones is 4. The maximum absolute atomic E-state index is 13.6. The molecule has 0 N–H and O–H groups in total. The van der Waals surface area contributed by atoms with Gasteiger partial charge in [-0.2, -0.15) is 21.7 Å². The van der Waals surface area contributed by atoms with Gasteiger partial charge in [-0.25, -0.2) is 30.2 Å². The molecular formula is C87H87ClN10O16S5. The van der Waals surface area contributed by atoms with Crippen LogP contribution in [-0.2, 0) is 89.1 Å². The third kappa shape index (κ3) is 16.0. The van der Waals surface area contributed by atoms with Gasteiger partial charge >= 0.3 is 0 Å². The molecule has 0 spiro atoms.